The number of aromatic hydroxyl groups is 1. The largest absolute Gasteiger partial charge is 0.494 e. The van der Waals surface area contributed by atoms with Crippen LogP contribution in [0.2, 0.25) is 0 Å². The Balaban J connectivity index is 1.83. The molecule has 0 amide bonds. The van der Waals surface area contributed by atoms with Crippen LogP contribution in [-0.2, 0) is 5.92 Å². The van der Waals surface area contributed by atoms with Crippen molar-refractivity contribution >= 4 is 28.5 Å². The molecule has 5 nitrogen and oxygen atoms in total. The highest BCUT2D eigenvalue weighted by Gasteiger charge is 2.34. The molecule has 0 atom stereocenters. The molecule has 0 aliphatic carbocycles. The van der Waals surface area contributed by atoms with Crippen molar-refractivity contribution in [1.82, 2.24) is 9.88 Å². The maximum atomic E-state index is 14.3. The Kier molecular flexibility index (Phi) is 7.97. The summed E-state index contributed by atoms with van der Waals surface area (Å²) in [6.45, 7) is 5.39. The van der Waals surface area contributed by atoms with Crippen LogP contribution >= 0.6 is 0 Å². The van der Waals surface area contributed by atoms with E-state index in [1.54, 1.807) is 0 Å². The molecule has 0 aliphatic heterocycles. The number of aromatic amines is 1. The Morgan fingerprint density at radius 2 is 1.91 bits per heavy atom. The van der Waals surface area contributed by atoms with Crippen LogP contribution < -0.4 is 5.32 Å². The first kappa shape index (κ1) is 24.6. The fourth-order valence-electron chi connectivity index (χ4n) is 3.65. The van der Waals surface area contributed by atoms with E-state index in [0.29, 0.717) is 17.4 Å². The molecule has 0 bridgehead atoms. The number of aromatic nitrogens is 1. The van der Waals surface area contributed by atoms with Gasteiger partial charge in [0.2, 0.25) is 0 Å². The van der Waals surface area contributed by atoms with E-state index in [4.69, 9.17) is 0 Å². The summed E-state index contributed by atoms with van der Waals surface area (Å²) in [4.78, 5) is 9.09. The van der Waals surface area contributed by atoms with Crippen LogP contribution in [0.15, 0.2) is 41.4 Å². The molecule has 0 saturated heterocycles. The molecule has 2 aromatic carbocycles. The molecular formula is C24H28F4N4O. The van der Waals surface area contributed by atoms with Crippen LogP contribution in [0.3, 0.4) is 0 Å². The van der Waals surface area contributed by atoms with Crippen LogP contribution in [0.1, 0.15) is 31.4 Å². The van der Waals surface area contributed by atoms with Crippen molar-refractivity contribution in [1.29, 1.82) is 0 Å². The number of fused-ring (bicyclic) bond motifs is 1. The zero-order valence-corrected chi connectivity index (χ0v) is 18.6. The van der Waals surface area contributed by atoms with Gasteiger partial charge in [-0.15, -0.1) is 0 Å². The number of nitrogens with zero attached hydrogens (tertiary/aromatic N) is 2. The van der Waals surface area contributed by atoms with Crippen LogP contribution in [-0.4, -0.2) is 54.1 Å². The van der Waals surface area contributed by atoms with E-state index in [0.717, 1.165) is 32.1 Å². The second-order valence-electron chi connectivity index (χ2n) is 7.71. The summed E-state index contributed by atoms with van der Waals surface area (Å²) < 4.78 is 55.4. The van der Waals surface area contributed by atoms with Gasteiger partial charge in [0.05, 0.1) is 11.3 Å². The van der Waals surface area contributed by atoms with E-state index in [2.05, 4.69) is 34.0 Å². The van der Waals surface area contributed by atoms with Gasteiger partial charge < -0.3 is 20.3 Å². The third-order valence-corrected chi connectivity index (χ3v) is 5.55. The molecular weight excluding hydrogens is 436 g/mol. The fourth-order valence-corrected chi connectivity index (χ4v) is 3.65. The summed E-state index contributed by atoms with van der Waals surface area (Å²) in [6, 6.07) is 8.04. The van der Waals surface area contributed by atoms with Gasteiger partial charge in [-0.3, -0.25) is 4.99 Å². The number of halogens is 4. The first-order valence-corrected chi connectivity index (χ1v) is 10.9. The fraction of sp³-hybridized carbons (Fsp3) is 0.375. The third-order valence-electron chi connectivity index (χ3n) is 5.55. The van der Waals surface area contributed by atoms with Gasteiger partial charge in [0.1, 0.15) is 5.82 Å². The normalized spacial score (nSPS) is 12.3. The quantitative estimate of drug-likeness (QED) is 0.186. The highest BCUT2D eigenvalue weighted by atomic mass is 19.3. The van der Waals surface area contributed by atoms with Crippen LogP contribution in [0, 0.1) is 5.82 Å². The molecule has 0 fully saturated rings. The first-order valence-electron chi connectivity index (χ1n) is 10.9. The molecule has 178 valence electrons. The molecule has 3 N–H and O–H groups in total. The molecule has 3 rings (SSSR count). The Morgan fingerprint density at radius 3 is 2.61 bits per heavy atom. The van der Waals surface area contributed by atoms with Gasteiger partial charge in [-0.2, -0.15) is 8.78 Å². The van der Waals surface area contributed by atoms with Gasteiger partial charge in [0.25, 0.3) is 0 Å². The summed E-state index contributed by atoms with van der Waals surface area (Å²) in [7, 11) is 0. The predicted molar refractivity (Wildman–Crippen MR) is 124 cm³/mol. The standard InChI is InChI=1S/C24H28F4N4O/c1-3-32(4-2)11-5-10-29-22-9-7-17(13-20(22)24(27,28)15-25)30-14-19-18-12-16(26)6-8-21(18)31-23(19)33/h6-9,12-14,29,31,33H,3-5,10-11,15H2,1-2H3. The molecule has 3 aromatic rings. The number of alkyl halides is 3. The monoisotopic (exact) mass is 464 g/mol. The summed E-state index contributed by atoms with van der Waals surface area (Å²) in [6.07, 6.45) is 2.01. The number of aliphatic imine (C=N–C) groups is 1. The second kappa shape index (κ2) is 10.7. The van der Waals surface area contributed by atoms with Gasteiger partial charge in [0, 0.05) is 34.9 Å². The van der Waals surface area contributed by atoms with Gasteiger partial charge in [-0.1, -0.05) is 13.8 Å². The molecule has 9 heteroatoms. The number of H-pyrrole nitrogens is 1. The van der Waals surface area contributed by atoms with E-state index < -0.39 is 24.0 Å². The van der Waals surface area contributed by atoms with E-state index >= 15 is 0 Å². The second-order valence-corrected chi connectivity index (χ2v) is 7.71. The number of hydrogen-bond donors (Lipinski definition) is 3. The molecule has 0 saturated carbocycles. The van der Waals surface area contributed by atoms with Crippen LogP contribution in [0.5, 0.6) is 5.88 Å². The maximum Gasteiger partial charge on any atom is 0.303 e. The summed E-state index contributed by atoms with van der Waals surface area (Å²) in [5.41, 5.74) is 0.535. The lowest BCUT2D eigenvalue weighted by atomic mass is 10.1. The zero-order chi connectivity index (χ0) is 24.0. The predicted octanol–water partition coefficient (Wildman–Crippen LogP) is 5.97. The van der Waals surface area contributed by atoms with E-state index in [1.807, 2.05) is 0 Å². The Labute approximate surface area is 190 Å². The minimum Gasteiger partial charge on any atom is -0.494 e. The maximum absolute atomic E-state index is 14.3. The molecule has 33 heavy (non-hydrogen) atoms. The first-order chi connectivity index (χ1) is 15.8. The Hall–Kier alpha value is -3.07. The van der Waals surface area contributed by atoms with Crippen molar-refractivity contribution in [3.63, 3.8) is 0 Å². The van der Waals surface area contributed by atoms with Gasteiger partial charge >= 0.3 is 5.92 Å². The highest BCUT2D eigenvalue weighted by Crippen LogP contribution is 2.37. The minimum atomic E-state index is -3.68. The van der Waals surface area contributed by atoms with E-state index in [9.17, 15) is 22.7 Å². The number of rotatable bonds is 11. The lowest BCUT2D eigenvalue weighted by Crippen LogP contribution is -2.26. The topological polar surface area (TPSA) is 63.6 Å². The SMILES string of the molecule is CCN(CC)CCCNc1ccc(N=Cc2c(O)[nH]c3ccc(F)cc23)cc1C(F)(F)CF. The Morgan fingerprint density at radius 1 is 1.15 bits per heavy atom. The number of anilines is 1. The lowest BCUT2D eigenvalue weighted by molar-refractivity contribution is -0.0273. The number of benzene rings is 2. The summed E-state index contributed by atoms with van der Waals surface area (Å²) in [5.74, 6) is -4.39. The van der Waals surface area contributed by atoms with Crippen molar-refractivity contribution in [2.45, 2.75) is 26.2 Å². The average molecular weight is 465 g/mol. The van der Waals surface area contributed by atoms with E-state index in [1.165, 1.54) is 36.5 Å². The minimum absolute atomic E-state index is 0.146. The lowest BCUT2D eigenvalue weighted by Gasteiger charge is -2.20. The summed E-state index contributed by atoms with van der Waals surface area (Å²) >= 11 is 0. The van der Waals surface area contributed by atoms with Crippen molar-refractivity contribution in [3.8, 4) is 5.88 Å². The molecule has 1 heterocycles. The average Bonchev–Trinajstić information content (AvgIpc) is 3.12. The van der Waals surface area contributed by atoms with Gasteiger partial charge in [0.15, 0.2) is 12.6 Å². The van der Waals surface area contributed by atoms with Crippen molar-refractivity contribution in [3.05, 3.63) is 53.3 Å². The van der Waals surface area contributed by atoms with Gasteiger partial charge in [-0.25, -0.2) is 8.78 Å². The molecule has 1 aromatic heterocycles. The van der Waals surface area contributed by atoms with Crippen molar-refractivity contribution < 1.29 is 22.7 Å². The molecule has 0 aliphatic rings. The molecule has 0 unspecified atom stereocenters. The number of nitrogens with one attached hydrogen (secondary N) is 2. The highest BCUT2D eigenvalue weighted by molar-refractivity contribution is 6.02. The van der Waals surface area contributed by atoms with Crippen LogP contribution in [0.4, 0.5) is 28.9 Å². The third kappa shape index (κ3) is 5.84. The van der Waals surface area contributed by atoms with E-state index in [-0.39, 0.29) is 22.8 Å². The zero-order valence-electron chi connectivity index (χ0n) is 18.6. The van der Waals surface area contributed by atoms with Crippen molar-refractivity contribution in [2.75, 3.05) is 38.2 Å². The molecule has 0 radical (unpaired) electrons. The molecule has 0 spiro atoms. The Bertz CT molecular complexity index is 1110. The number of hydrogen-bond acceptors (Lipinski definition) is 4. The van der Waals surface area contributed by atoms with Crippen molar-refractivity contribution in [2.24, 2.45) is 4.99 Å². The smallest absolute Gasteiger partial charge is 0.303 e. The van der Waals surface area contributed by atoms with Crippen LogP contribution in [0.25, 0.3) is 10.9 Å². The van der Waals surface area contributed by atoms with Gasteiger partial charge in [-0.05, 0) is 62.5 Å². The summed E-state index contributed by atoms with van der Waals surface area (Å²) in [5, 5.41) is 13.5.